The lowest BCUT2D eigenvalue weighted by atomic mass is 9.83. The molecule has 0 saturated carbocycles. The number of hydrogen-bond acceptors (Lipinski definition) is 0. The van der Waals surface area contributed by atoms with Gasteiger partial charge in [-0.3, -0.25) is 4.98 Å². The van der Waals surface area contributed by atoms with Crippen LogP contribution in [0.1, 0.15) is 87.8 Å². The van der Waals surface area contributed by atoms with Gasteiger partial charge in [0.05, 0.1) is 0 Å². The Kier molecular flexibility index (Phi) is 9.72. The molecule has 2 nitrogen and oxygen atoms in total. The maximum Gasteiger partial charge on any atom is 0.241 e. The predicted molar refractivity (Wildman–Crippen MR) is 127 cm³/mol. The van der Waals surface area contributed by atoms with Crippen molar-refractivity contribution in [2.45, 2.75) is 83.1 Å². The van der Waals surface area contributed by atoms with Crippen molar-refractivity contribution in [3.05, 3.63) is 90.5 Å². The highest BCUT2D eigenvalue weighted by Crippen LogP contribution is 2.32. The van der Waals surface area contributed by atoms with Crippen molar-refractivity contribution in [2.24, 2.45) is 0 Å². The Hall–Kier alpha value is -2.35. The predicted octanol–water partition coefficient (Wildman–Crippen LogP) is 7.40. The van der Waals surface area contributed by atoms with Crippen LogP contribution < -0.4 is 4.57 Å². The van der Waals surface area contributed by atoms with Crippen LogP contribution in [-0.4, -0.2) is 4.98 Å². The monoisotopic (exact) mass is 403 g/mol. The molecule has 2 atom stereocenters. The van der Waals surface area contributed by atoms with E-state index in [9.17, 15) is 0 Å². The molecule has 3 rings (SSSR count). The third-order valence-corrected chi connectivity index (χ3v) is 6.29. The van der Waals surface area contributed by atoms with Crippen LogP contribution in [0.2, 0.25) is 0 Å². The number of rotatable bonds is 14. The van der Waals surface area contributed by atoms with Gasteiger partial charge in [-0.15, -0.1) is 0 Å². The number of imidazole rings is 1. The van der Waals surface area contributed by atoms with Crippen molar-refractivity contribution in [2.75, 3.05) is 0 Å². The quantitative estimate of drug-likeness (QED) is 0.214. The molecular weight excluding hydrogens is 364 g/mol. The first-order chi connectivity index (χ1) is 14.9. The summed E-state index contributed by atoms with van der Waals surface area (Å²) in [5, 5.41) is 0. The molecule has 0 amide bonds. The lowest BCUT2D eigenvalue weighted by molar-refractivity contribution is -0.725. The lowest BCUT2D eigenvalue weighted by Crippen LogP contribution is -2.41. The highest BCUT2D eigenvalue weighted by Gasteiger charge is 2.28. The first-order valence-corrected chi connectivity index (χ1v) is 12.0. The summed E-state index contributed by atoms with van der Waals surface area (Å²) in [6, 6.07) is 22.5. The second-order valence-electron chi connectivity index (χ2n) is 8.60. The molecule has 0 aliphatic carbocycles. The summed E-state index contributed by atoms with van der Waals surface area (Å²) in [5.41, 5.74) is 2.86. The minimum atomic E-state index is 0.471. The second-order valence-corrected chi connectivity index (χ2v) is 8.60. The zero-order valence-corrected chi connectivity index (χ0v) is 18.7. The second kappa shape index (κ2) is 13.1. The Morgan fingerprint density at radius 2 is 1.40 bits per heavy atom. The maximum absolute atomic E-state index is 3.27. The van der Waals surface area contributed by atoms with Crippen molar-refractivity contribution in [3.63, 3.8) is 0 Å². The van der Waals surface area contributed by atoms with Crippen molar-refractivity contribution in [3.8, 4) is 0 Å². The Bertz CT molecular complexity index is 780. The number of benzene rings is 2. The molecule has 2 heteroatoms. The summed E-state index contributed by atoms with van der Waals surface area (Å²) in [6.07, 6.45) is 19.6. The summed E-state index contributed by atoms with van der Waals surface area (Å²) in [4.78, 5) is 3.27. The van der Waals surface area contributed by atoms with E-state index in [0.717, 1.165) is 6.42 Å². The van der Waals surface area contributed by atoms with Crippen LogP contribution in [0.5, 0.6) is 0 Å². The highest BCUT2D eigenvalue weighted by atomic mass is 15.1. The van der Waals surface area contributed by atoms with Gasteiger partial charge < -0.3 is 0 Å². The Morgan fingerprint density at radius 1 is 0.767 bits per heavy atom. The number of hydrogen-bond donors (Lipinski definition) is 1. The Balaban J connectivity index is 1.67. The van der Waals surface area contributed by atoms with Crippen LogP contribution in [0.3, 0.4) is 0 Å². The fourth-order valence-corrected chi connectivity index (χ4v) is 4.60. The van der Waals surface area contributed by atoms with E-state index in [-0.39, 0.29) is 0 Å². The molecule has 0 fully saturated rings. The van der Waals surface area contributed by atoms with Crippen molar-refractivity contribution < 1.29 is 4.57 Å². The molecule has 0 aliphatic rings. The molecule has 0 bridgehead atoms. The molecule has 0 saturated heterocycles. The van der Waals surface area contributed by atoms with E-state index in [1.54, 1.807) is 0 Å². The molecule has 3 aromatic rings. The average molecular weight is 404 g/mol. The summed E-state index contributed by atoms with van der Waals surface area (Å²) >= 11 is 0. The summed E-state index contributed by atoms with van der Waals surface area (Å²) < 4.78 is 2.40. The fourth-order valence-electron chi connectivity index (χ4n) is 4.60. The van der Waals surface area contributed by atoms with E-state index < -0.39 is 0 Å². The van der Waals surface area contributed by atoms with Gasteiger partial charge in [-0.1, -0.05) is 113 Å². The van der Waals surface area contributed by atoms with Gasteiger partial charge in [0, 0.05) is 5.92 Å². The van der Waals surface area contributed by atoms with Crippen molar-refractivity contribution >= 4 is 0 Å². The largest absolute Gasteiger partial charge is 0.250 e. The molecule has 1 heterocycles. The molecule has 2 aromatic carbocycles. The van der Waals surface area contributed by atoms with Gasteiger partial charge in [0.15, 0.2) is 0 Å². The van der Waals surface area contributed by atoms with Crippen molar-refractivity contribution in [1.29, 1.82) is 0 Å². The average Bonchev–Trinajstić information content (AvgIpc) is 3.33. The van der Waals surface area contributed by atoms with Gasteiger partial charge >= 0.3 is 0 Å². The van der Waals surface area contributed by atoms with Gasteiger partial charge in [-0.25, -0.2) is 4.57 Å². The number of unbranched alkanes of at least 4 members (excludes halogenated alkanes) is 7. The van der Waals surface area contributed by atoms with E-state index in [1.807, 2.05) is 6.20 Å². The Morgan fingerprint density at radius 3 is 2.03 bits per heavy atom. The van der Waals surface area contributed by atoms with Crippen LogP contribution in [0.25, 0.3) is 0 Å². The molecule has 0 spiro atoms. The zero-order chi connectivity index (χ0) is 20.9. The number of nitrogens with one attached hydrogen (secondary N) is 1. The highest BCUT2D eigenvalue weighted by molar-refractivity contribution is 5.25. The minimum absolute atomic E-state index is 0.471. The topological polar surface area (TPSA) is 19.7 Å². The van der Waals surface area contributed by atoms with Crippen LogP contribution in [0.4, 0.5) is 0 Å². The van der Waals surface area contributed by atoms with E-state index >= 15 is 0 Å². The van der Waals surface area contributed by atoms with E-state index in [1.165, 1.54) is 68.9 Å². The molecule has 0 radical (unpaired) electrons. The van der Waals surface area contributed by atoms with Crippen LogP contribution in [-0.2, 0) is 6.42 Å². The first-order valence-electron chi connectivity index (χ1n) is 12.0. The van der Waals surface area contributed by atoms with Gasteiger partial charge in [0.1, 0.15) is 18.4 Å². The molecule has 30 heavy (non-hydrogen) atoms. The SMILES string of the molecule is CCCCCCCCCCC(C(Cc1ccccc1)c1ccccc1)[n+]1cc[nH]c1. The smallest absolute Gasteiger partial charge is 0.241 e. The van der Waals surface area contributed by atoms with Crippen molar-refractivity contribution in [1.82, 2.24) is 4.98 Å². The number of nitrogens with zero attached hydrogens (tertiary/aromatic N) is 1. The standard InChI is InChI=1S/C28H38N2/c1-2-3-4-5-6-7-8-15-20-28(30-22-21-29-24-30)27(26-18-13-10-14-19-26)23-25-16-11-9-12-17-25/h9-14,16-19,21-22,24,27-28H,2-8,15,20,23H2,1H3/p+1. The molecule has 1 aromatic heterocycles. The fraction of sp³-hybridized carbons (Fsp3) is 0.464. The third-order valence-electron chi connectivity index (χ3n) is 6.29. The normalized spacial score (nSPS) is 13.2. The van der Waals surface area contributed by atoms with Crippen LogP contribution in [0, 0.1) is 0 Å². The molecule has 160 valence electrons. The van der Waals surface area contributed by atoms with E-state index in [2.05, 4.69) is 89.7 Å². The summed E-state index contributed by atoms with van der Waals surface area (Å²) in [5.74, 6) is 0.471. The Labute approximate surface area is 183 Å². The molecular formula is C28H39N2+. The molecule has 0 aliphatic heterocycles. The first kappa shape index (κ1) is 22.3. The van der Waals surface area contributed by atoms with Gasteiger partial charge in [-0.05, 0) is 30.4 Å². The zero-order valence-electron chi connectivity index (χ0n) is 18.7. The number of aromatic nitrogens is 2. The third kappa shape index (κ3) is 7.16. The van der Waals surface area contributed by atoms with Gasteiger partial charge in [0.25, 0.3) is 0 Å². The molecule has 2 unspecified atom stereocenters. The van der Waals surface area contributed by atoms with E-state index in [4.69, 9.17) is 0 Å². The lowest BCUT2D eigenvalue weighted by Gasteiger charge is -2.26. The summed E-state index contributed by atoms with van der Waals surface area (Å²) in [6.45, 7) is 2.29. The van der Waals surface area contributed by atoms with Gasteiger partial charge in [-0.2, -0.15) is 0 Å². The number of aromatic amines is 1. The van der Waals surface area contributed by atoms with E-state index in [0.29, 0.717) is 12.0 Å². The van der Waals surface area contributed by atoms with Crippen LogP contribution >= 0.6 is 0 Å². The number of H-pyrrole nitrogens is 1. The van der Waals surface area contributed by atoms with Crippen LogP contribution in [0.15, 0.2) is 79.4 Å². The summed E-state index contributed by atoms with van der Waals surface area (Å²) in [7, 11) is 0. The van der Waals surface area contributed by atoms with Gasteiger partial charge in [0.2, 0.25) is 6.33 Å². The maximum atomic E-state index is 3.27. The minimum Gasteiger partial charge on any atom is -0.250 e. The molecule has 1 N–H and O–H groups in total.